The predicted octanol–water partition coefficient (Wildman–Crippen LogP) is 6.44. The van der Waals surface area contributed by atoms with Crippen molar-refractivity contribution in [3.8, 4) is 9.75 Å². The summed E-state index contributed by atoms with van der Waals surface area (Å²) >= 11 is 6.35. The summed E-state index contributed by atoms with van der Waals surface area (Å²) in [5.41, 5.74) is 0.255. The average molecular weight is 390 g/mol. The molecule has 0 nitrogen and oxygen atoms in total. The molecule has 0 amide bonds. The van der Waals surface area contributed by atoms with Gasteiger partial charge in [0, 0.05) is 19.5 Å². The Hall–Kier alpha value is 0.130. The molecular formula is C15H19IS2. The summed E-state index contributed by atoms with van der Waals surface area (Å²) in [6, 6.07) is 9.07. The monoisotopic (exact) mass is 390 g/mol. The van der Waals surface area contributed by atoms with E-state index in [4.69, 9.17) is 0 Å². The minimum atomic E-state index is 0.227. The van der Waals surface area contributed by atoms with Crippen LogP contribution in [0.15, 0.2) is 24.3 Å². The molecule has 0 fully saturated rings. The van der Waals surface area contributed by atoms with Gasteiger partial charge in [0.1, 0.15) is 0 Å². The van der Waals surface area contributed by atoms with E-state index in [1.54, 1.807) is 0 Å². The molecule has 0 aliphatic carbocycles. The zero-order valence-electron chi connectivity index (χ0n) is 11.5. The van der Waals surface area contributed by atoms with Crippen LogP contribution in [0.2, 0.25) is 0 Å². The van der Waals surface area contributed by atoms with Crippen molar-refractivity contribution in [2.24, 2.45) is 0 Å². The fourth-order valence-corrected chi connectivity index (χ4v) is 4.33. The van der Waals surface area contributed by atoms with Crippen LogP contribution in [-0.2, 0) is 8.84 Å². The third-order valence-corrected chi connectivity index (χ3v) is 6.84. The van der Waals surface area contributed by atoms with E-state index < -0.39 is 0 Å². The van der Waals surface area contributed by atoms with E-state index in [9.17, 15) is 0 Å². The maximum atomic E-state index is 2.51. The molecule has 0 aromatic carbocycles. The Morgan fingerprint density at radius 3 is 1.56 bits per heavy atom. The quantitative estimate of drug-likeness (QED) is 0.409. The Labute approximate surface area is 132 Å². The van der Waals surface area contributed by atoms with Gasteiger partial charge in [0.15, 0.2) is 0 Å². The molecule has 2 heterocycles. The van der Waals surface area contributed by atoms with Crippen molar-refractivity contribution in [3.05, 3.63) is 34.0 Å². The smallest absolute Gasteiger partial charge is 0.0507 e. The molecule has 2 aromatic heterocycles. The van der Waals surface area contributed by atoms with Crippen molar-refractivity contribution >= 4 is 45.3 Å². The molecule has 0 unspecified atom stereocenters. The second kappa shape index (κ2) is 4.91. The van der Waals surface area contributed by atoms with E-state index in [0.29, 0.717) is 0 Å². The molecule has 18 heavy (non-hydrogen) atoms. The molecule has 0 aliphatic heterocycles. The summed E-state index contributed by atoms with van der Waals surface area (Å²) < 4.78 is 0.227. The molecule has 0 bridgehead atoms. The fraction of sp³-hybridized carbons (Fsp3) is 0.467. The average Bonchev–Trinajstić information content (AvgIpc) is 2.84. The van der Waals surface area contributed by atoms with E-state index in [1.807, 2.05) is 22.7 Å². The SMILES string of the molecule is CC(C)(C)c1ccc(-c2ccc(C(C)(C)I)s2)s1. The van der Waals surface area contributed by atoms with Gasteiger partial charge in [-0.25, -0.2) is 0 Å². The Morgan fingerprint density at radius 2 is 1.22 bits per heavy atom. The zero-order chi connectivity index (χ0) is 13.6. The van der Waals surface area contributed by atoms with E-state index in [-0.39, 0.29) is 8.84 Å². The molecule has 0 aliphatic rings. The van der Waals surface area contributed by atoms with Gasteiger partial charge in [-0.1, -0.05) is 43.4 Å². The number of hydrogen-bond acceptors (Lipinski definition) is 2. The van der Waals surface area contributed by atoms with Crippen LogP contribution in [-0.4, -0.2) is 0 Å². The molecule has 3 heteroatoms. The highest BCUT2D eigenvalue weighted by atomic mass is 127. The lowest BCUT2D eigenvalue weighted by atomic mass is 9.95. The molecule has 0 atom stereocenters. The van der Waals surface area contributed by atoms with Crippen molar-refractivity contribution in [1.82, 2.24) is 0 Å². The largest absolute Gasteiger partial charge is 0.139 e. The maximum Gasteiger partial charge on any atom is 0.0507 e. The van der Waals surface area contributed by atoms with Gasteiger partial charge in [-0.05, 0) is 43.5 Å². The van der Waals surface area contributed by atoms with Gasteiger partial charge in [0.2, 0.25) is 0 Å². The van der Waals surface area contributed by atoms with Crippen LogP contribution in [0.3, 0.4) is 0 Å². The summed E-state index contributed by atoms with van der Waals surface area (Å²) in [7, 11) is 0. The first kappa shape index (κ1) is 14.5. The molecule has 0 radical (unpaired) electrons. The van der Waals surface area contributed by atoms with Crippen LogP contribution >= 0.6 is 45.3 Å². The highest BCUT2D eigenvalue weighted by Gasteiger charge is 2.20. The third-order valence-electron chi connectivity index (χ3n) is 2.78. The molecule has 2 rings (SSSR count). The van der Waals surface area contributed by atoms with Crippen LogP contribution in [0.5, 0.6) is 0 Å². The molecule has 0 saturated carbocycles. The maximum absolute atomic E-state index is 2.51. The minimum Gasteiger partial charge on any atom is -0.139 e. The van der Waals surface area contributed by atoms with Crippen molar-refractivity contribution < 1.29 is 0 Å². The van der Waals surface area contributed by atoms with Gasteiger partial charge < -0.3 is 0 Å². The first-order valence-corrected chi connectivity index (χ1v) is 8.79. The summed E-state index contributed by atoms with van der Waals surface area (Å²) in [5, 5.41) is 0. The molecule has 0 spiro atoms. The van der Waals surface area contributed by atoms with Crippen LogP contribution in [0.4, 0.5) is 0 Å². The summed E-state index contributed by atoms with van der Waals surface area (Å²) in [4.78, 5) is 5.71. The van der Waals surface area contributed by atoms with Crippen molar-refractivity contribution in [2.75, 3.05) is 0 Å². The molecule has 0 saturated heterocycles. The number of thiophene rings is 2. The summed E-state index contributed by atoms with van der Waals surface area (Å²) in [6.45, 7) is 11.3. The molecule has 0 N–H and O–H groups in total. The second-order valence-electron chi connectivity index (χ2n) is 6.05. The molecular weight excluding hydrogens is 371 g/mol. The summed E-state index contributed by atoms with van der Waals surface area (Å²) in [6.07, 6.45) is 0. The number of halogens is 1. The Balaban J connectivity index is 2.33. The van der Waals surface area contributed by atoms with Crippen molar-refractivity contribution in [1.29, 1.82) is 0 Å². The first-order chi connectivity index (χ1) is 8.18. The van der Waals surface area contributed by atoms with Crippen LogP contribution < -0.4 is 0 Å². The van der Waals surface area contributed by atoms with E-state index >= 15 is 0 Å². The number of alkyl halides is 1. The van der Waals surface area contributed by atoms with Gasteiger partial charge in [-0.15, -0.1) is 22.7 Å². The Bertz CT molecular complexity index is 485. The van der Waals surface area contributed by atoms with Gasteiger partial charge >= 0.3 is 0 Å². The lowest BCUT2D eigenvalue weighted by Gasteiger charge is -2.15. The highest BCUT2D eigenvalue weighted by molar-refractivity contribution is 14.1. The fourth-order valence-electron chi connectivity index (χ4n) is 1.66. The lowest BCUT2D eigenvalue weighted by Crippen LogP contribution is -2.07. The highest BCUT2D eigenvalue weighted by Crippen LogP contribution is 2.42. The predicted molar refractivity (Wildman–Crippen MR) is 93.4 cm³/mol. The van der Waals surface area contributed by atoms with Gasteiger partial charge in [0.05, 0.1) is 3.42 Å². The molecule has 2 aromatic rings. The van der Waals surface area contributed by atoms with E-state index in [1.165, 1.54) is 19.5 Å². The van der Waals surface area contributed by atoms with Crippen LogP contribution in [0.25, 0.3) is 9.75 Å². The standard InChI is InChI=1S/C15H19IS2/c1-14(2,3)12-8-6-10(17-12)11-7-9-13(18-11)15(4,5)16/h6-9H,1-5H3. The third kappa shape index (κ3) is 3.17. The number of rotatable bonds is 2. The first-order valence-electron chi connectivity index (χ1n) is 6.08. The van der Waals surface area contributed by atoms with Crippen molar-refractivity contribution in [2.45, 2.75) is 43.5 Å². The summed E-state index contributed by atoms with van der Waals surface area (Å²) in [5.74, 6) is 0. The number of hydrogen-bond donors (Lipinski definition) is 0. The zero-order valence-corrected chi connectivity index (χ0v) is 15.3. The normalized spacial score (nSPS) is 13.0. The molecule has 98 valence electrons. The lowest BCUT2D eigenvalue weighted by molar-refractivity contribution is 0.604. The van der Waals surface area contributed by atoms with Crippen LogP contribution in [0, 0.1) is 0 Å². The van der Waals surface area contributed by atoms with Crippen molar-refractivity contribution in [3.63, 3.8) is 0 Å². The Kier molecular flexibility index (Phi) is 3.96. The topological polar surface area (TPSA) is 0 Å². The van der Waals surface area contributed by atoms with Gasteiger partial charge in [-0.2, -0.15) is 0 Å². The minimum absolute atomic E-state index is 0.227. The van der Waals surface area contributed by atoms with E-state index in [2.05, 4.69) is 81.5 Å². The Morgan fingerprint density at radius 1 is 0.778 bits per heavy atom. The van der Waals surface area contributed by atoms with Crippen LogP contribution in [0.1, 0.15) is 44.4 Å². The van der Waals surface area contributed by atoms with Gasteiger partial charge in [-0.3, -0.25) is 0 Å². The van der Waals surface area contributed by atoms with Gasteiger partial charge in [0.25, 0.3) is 0 Å². The second-order valence-corrected chi connectivity index (χ2v) is 10.9. The van der Waals surface area contributed by atoms with E-state index in [0.717, 1.165) is 0 Å².